The lowest BCUT2D eigenvalue weighted by atomic mass is 9.84. The molecular weight excluding hydrogens is 232 g/mol. The highest BCUT2D eigenvalue weighted by Crippen LogP contribution is 2.30. The third-order valence-electron chi connectivity index (χ3n) is 3.95. The van der Waals surface area contributed by atoms with E-state index in [2.05, 4.69) is 11.9 Å². The SMILES string of the molecule is CCC1CCC(N(C)c2nc(C(=O)O)co2)CC1. The Hall–Kier alpha value is -1.52. The van der Waals surface area contributed by atoms with Gasteiger partial charge in [-0.3, -0.25) is 0 Å². The maximum absolute atomic E-state index is 10.8. The summed E-state index contributed by atoms with van der Waals surface area (Å²) < 4.78 is 5.23. The topological polar surface area (TPSA) is 66.6 Å². The number of rotatable bonds is 4. The quantitative estimate of drug-likeness (QED) is 0.892. The summed E-state index contributed by atoms with van der Waals surface area (Å²) in [5.41, 5.74) is -0.0286. The first-order valence-corrected chi connectivity index (χ1v) is 6.53. The van der Waals surface area contributed by atoms with Crippen LogP contribution in [0.25, 0.3) is 0 Å². The molecule has 0 radical (unpaired) electrons. The van der Waals surface area contributed by atoms with Gasteiger partial charge in [-0.05, 0) is 31.6 Å². The van der Waals surface area contributed by atoms with Gasteiger partial charge in [-0.15, -0.1) is 0 Å². The maximum atomic E-state index is 10.8. The van der Waals surface area contributed by atoms with E-state index in [4.69, 9.17) is 9.52 Å². The first-order chi connectivity index (χ1) is 8.61. The van der Waals surface area contributed by atoms with Crippen LogP contribution in [0.15, 0.2) is 10.7 Å². The number of hydrogen-bond donors (Lipinski definition) is 1. The summed E-state index contributed by atoms with van der Waals surface area (Å²) in [5, 5.41) is 8.82. The van der Waals surface area contributed by atoms with E-state index in [1.54, 1.807) is 0 Å². The van der Waals surface area contributed by atoms with Crippen molar-refractivity contribution in [2.24, 2.45) is 5.92 Å². The Balaban J connectivity index is 1.98. The van der Waals surface area contributed by atoms with Gasteiger partial charge in [-0.25, -0.2) is 4.79 Å². The van der Waals surface area contributed by atoms with E-state index in [0.29, 0.717) is 12.1 Å². The van der Waals surface area contributed by atoms with E-state index < -0.39 is 5.97 Å². The van der Waals surface area contributed by atoms with Crippen molar-refractivity contribution >= 4 is 12.0 Å². The third kappa shape index (κ3) is 2.66. The molecule has 5 nitrogen and oxygen atoms in total. The van der Waals surface area contributed by atoms with E-state index in [1.807, 2.05) is 11.9 Å². The normalized spacial score (nSPS) is 23.9. The Morgan fingerprint density at radius 3 is 2.67 bits per heavy atom. The van der Waals surface area contributed by atoms with Crippen molar-refractivity contribution < 1.29 is 14.3 Å². The van der Waals surface area contributed by atoms with Crippen LogP contribution in [0.1, 0.15) is 49.5 Å². The monoisotopic (exact) mass is 252 g/mol. The first kappa shape index (κ1) is 12.9. The number of oxazole rings is 1. The van der Waals surface area contributed by atoms with E-state index in [-0.39, 0.29) is 5.69 Å². The van der Waals surface area contributed by atoms with Crippen LogP contribution in [-0.2, 0) is 0 Å². The van der Waals surface area contributed by atoms with Crippen molar-refractivity contribution in [1.82, 2.24) is 4.98 Å². The second-order valence-electron chi connectivity index (χ2n) is 5.01. The molecule has 100 valence electrons. The highest BCUT2D eigenvalue weighted by molar-refractivity contribution is 5.85. The summed E-state index contributed by atoms with van der Waals surface area (Å²) in [4.78, 5) is 16.7. The van der Waals surface area contributed by atoms with E-state index in [9.17, 15) is 4.79 Å². The number of hydrogen-bond acceptors (Lipinski definition) is 4. The Bertz CT molecular complexity index is 408. The molecule has 5 heteroatoms. The average molecular weight is 252 g/mol. The molecule has 1 aliphatic carbocycles. The third-order valence-corrected chi connectivity index (χ3v) is 3.95. The molecule has 1 fully saturated rings. The molecule has 0 saturated heterocycles. The van der Waals surface area contributed by atoms with Gasteiger partial charge in [0.05, 0.1) is 0 Å². The van der Waals surface area contributed by atoms with Crippen LogP contribution in [0.5, 0.6) is 0 Å². The minimum atomic E-state index is -1.05. The van der Waals surface area contributed by atoms with E-state index >= 15 is 0 Å². The number of aromatic carboxylic acids is 1. The van der Waals surface area contributed by atoms with Crippen LogP contribution in [0.4, 0.5) is 6.01 Å². The second kappa shape index (κ2) is 5.42. The van der Waals surface area contributed by atoms with Crippen LogP contribution >= 0.6 is 0 Å². The maximum Gasteiger partial charge on any atom is 0.357 e. The van der Waals surface area contributed by atoms with Crippen molar-refractivity contribution in [2.75, 3.05) is 11.9 Å². The summed E-state index contributed by atoms with van der Waals surface area (Å²) in [7, 11) is 1.93. The average Bonchev–Trinajstić information content (AvgIpc) is 2.88. The number of carbonyl (C=O) groups is 1. The zero-order valence-electron chi connectivity index (χ0n) is 10.9. The Kier molecular flexibility index (Phi) is 3.89. The van der Waals surface area contributed by atoms with Crippen molar-refractivity contribution in [3.8, 4) is 0 Å². The molecular formula is C13H20N2O3. The Labute approximate surface area is 107 Å². The zero-order chi connectivity index (χ0) is 13.1. The summed E-state index contributed by atoms with van der Waals surface area (Å²) in [5.74, 6) is -0.207. The molecule has 1 saturated carbocycles. The molecule has 2 rings (SSSR count). The summed E-state index contributed by atoms with van der Waals surface area (Å²) >= 11 is 0. The van der Waals surface area contributed by atoms with Gasteiger partial charge < -0.3 is 14.4 Å². The van der Waals surface area contributed by atoms with Gasteiger partial charge in [0.15, 0.2) is 5.69 Å². The van der Waals surface area contributed by atoms with Crippen molar-refractivity contribution in [3.63, 3.8) is 0 Å². The van der Waals surface area contributed by atoms with Crippen LogP contribution in [0.2, 0.25) is 0 Å². The lowest BCUT2D eigenvalue weighted by Crippen LogP contribution is -2.35. The molecule has 18 heavy (non-hydrogen) atoms. The van der Waals surface area contributed by atoms with Gasteiger partial charge >= 0.3 is 5.97 Å². The summed E-state index contributed by atoms with van der Waals surface area (Å²) in [6.07, 6.45) is 7.17. The highest BCUT2D eigenvalue weighted by atomic mass is 16.4. The minimum Gasteiger partial charge on any atom is -0.476 e. The standard InChI is InChI=1S/C13H20N2O3/c1-3-9-4-6-10(7-5-9)15(2)13-14-11(8-18-13)12(16)17/h8-10H,3-7H2,1-2H3,(H,16,17). The Morgan fingerprint density at radius 1 is 1.50 bits per heavy atom. The number of carboxylic acid groups (broad SMARTS) is 1. The molecule has 0 amide bonds. The fraction of sp³-hybridized carbons (Fsp3) is 0.692. The molecule has 1 aliphatic rings. The molecule has 0 aliphatic heterocycles. The van der Waals surface area contributed by atoms with Crippen LogP contribution in [0, 0.1) is 5.92 Å². The number of carboxylic acids is 1. The fourth-order valence-corrected chi connectivity index (χ4v) is 2.62. The molecule has 1 aromatic rings. The van der Waals surface area contributed by atoms with Gasteiger partial charge in [0.1, 0.15) is 6.26 Å². The molecule has 0 aromatic carbocycles. The van der Waals surface area contributed by atoms with Gasteiger partial charge in [0.2, 0.25) is 0 Å². The van der Waals surface area contributed by atoms with Gasteiger partial charge in [0, 0.05) is 13.1 Å². The second-order valence-corrected chi connectivity index (χ2v) is 5.01. The Morgan fingerprint density at radius 2 is 2.17 bits per heavy atom. The lowest BCUT2D eigenvalue weighted by molar-refractivity contribution is 0.0690. The van der Waals surface area contributed by atoms with Crippen molar-refractivity contribution in [2.45, 2.75) is 45.1 Å². The molecule has 0 atom stereocenters. The lowest BCUT2D eigenvalue weighted by Gasteiger charge is -2.33. The van der Waals surface area contributed by atoms with E-state index in [0.717, 1.165) is 18.8 Å². The predicted octanol–water partition coefficient (Wildman–Crippen LogP) is 2.78. The largest absolute Gasteiger partial charge is 0.476 e. The molecule has 0 spiro atoms. The smallest absolute Gasteiger partial charge is 0.357 e. The van der Waals surface area contributed by atoms with E-state index in [1.165, 1.54) is 25.5 Å². The van der Waals surface area contributed by atoms with Crippen molar-refractivity contribution in [1.29, 1.82) is 0 Å². The predicted molar refractivity (Wildman–Crippen MR) is 67.9 cm³/mol. The van der Waals surface area contributed by atoms with Gasteiger partial charge in [0.25, 0.3) is 6.01 Å². The van der Waals surface area contributed by atoms with Gasteiger partial charge in [-0.2, -0.15) is 4.98 Å². The van der Waals surface area contributed by atoms with Crippen LogP contribution in [0.3, 0.4) is 0 Å². The fourth-order valence-electron chi connectivity index (χ4n) is 2.62. The molecule has 1 heterocycles. The number of anilines is 1. The zero-order valence-corrected chi connectivity index (χ0v) is 10.9. The van der Waals surface area contributed by atoms with Crippen LogP contribution < -0.4 is 4.90 Å². The summed E-state index contributed by atoms with van der Waals surface area (Å²) in [6, 6.07) is 0.820. The summed E-state index contributed by atoms with van der Waals surface area (Å²) in [6.45, 7) is 2.24. The minimum absolute atomic E-state index is 0.0286. The van der Waals surface area contributed by atoms with Crippen molar-refractivity contribution in [3.05, 3.63) is 12.0 Å². The molecule has 1 N–H and O–H groups in total. The molecule has 0 unspecified atom stereocenters. The molecule has 1 aromatic heterocycles. The van der Waals surface area contributed by atoms with Crippen LogP contribution in [-0.4, -0.2) is 29.1 Å². The number of nitrogens with zero attached hydrogens (tertiary/aromatic N) is 2. The first-order valence-electron chi connectivity index (χ1n) is 6.53. The van der Waals surface area contributed by atoms with Gasteiger partial charge in [-0.1, -0.05) is 13.3 Å². The molecule has 0 bridgehead atoms. The number of aromatic nitrogens is 1. The highest BCUT2D eigenvalue weighted by Gasteiger charge is 2.25.